The number of likely N-dealkylation sites (N-methyl/N-ethyl adjacent to an activating group) is 1. The number of aryl methyl sites for hydroxylation is 2. The number of hydrogen-bond donors (Lipinski definition) is 1. The third kappa shape index (κ3) is 3.37. The van der Waals surface area contributed by atoms with E-state index in [4.69, 9.17) is 0 Å². The molecule has 2 aliphatic carbocycles. The van der Waals surface area contributed by atoms with E-state index in [9.17, 15) is 0 Å². The number of benzene rings is 1. The van der Waals surface area contributed by atoms with Gasteiger partial charge in [-0.05, 0) is 55.3 Å². The van der Waals surface area contributed by atoms with Crippen molar-refractivity contribution in [1.82, 2.24) is 10.2 Å². The molecule has 1 N–H and O–H groups in total. The first-order valence-electron chi connectivity index (χ1n) is 7.92. The van der Waals surface area contributed by atoms with Crippen molar-refractivity contribution in [2.75, 3.05) is 19.6 Å². The van der Waals surface area contributed by atoms with Gasteiger partial charge in [0.1, 0.15) is 0 Å². The summed E-state index contributed by atoms with van der Waals surface area (Å²) in [5.41, 5.74) is 4.62. The van der Waals surface area contributed by atoms with Crippen molar-refractivity contribution in [3.05, 3.63) is 34.9 Å². The van der Waals surface area contributed by atoms with Gasteiger partial charge in [-0.25, -0.2) is 0 Å². The second-order valence-corrected chi connectivity index (χ2v) is 5.99. The molecule has 2 nitrogen and oxygen atoms in total. The molecule has 0 amide bonds. The van der Waals surface area contributed by atoms with Crippen LogP contribution in [0.15, 0.2) is 18.2 Å². The zero-order chi connectivity index (χ0) is 13.1. The van der Waals surface area contributed by atoms with Crippen LogP contribution < -0.4 is 5.32 Å². The van der Waals surface area contributed by atoms with E-state index in [1.807, 2.05) is 0 Å². The molecule has 2 heteroatoms. The monoisotopic (exact) mass is 258 g/mol. The van der Waals surface area contributed by atoms with Crippen molar-refractivity contribution in [3.8, 4) is 0 Å². The molecule has 1 aromatic carbocycles. The fourth-order valence-electron chi connectivity index (χ4n) is 3.23. The fourth-order valence-corrected chi connectivity index (χ4v) is 3.23. The Morgan fingerprint density at radius 2 is 2.05 bits per heavy atom. The molecular formula is C17H26N2. The molecule has 0 heterocycles. The third-order valence-electron chi connectivity index (χ3n) is 4.54. The van der Waals surface area contributed by atoms with Gasteiger partial charge in [0.15, 0.2) is 0 Å². The molecule has 0 aromatic heterocycles. The molecule has 3 rings (SSSR count). The van der Waals surface area contributed by atoms with Crippen LogP contribution in [0.5, 0.6) is 0 Å². The summed E-state index contributed by atoms with van der Waals surface area (Å²) in [6.07, 6.45) is 6.75. The van der Waals surface area contributed by atoms with Gasteiger partial charge < -0.3 is 5.32 Å². The van der Waals surface area contributed by atoms with Gasteiger partial charge in [0, 0.05) is 25.7 Å². The van der Waals surface area contributed by atoms with Crippen LogP contribution in [0.25, 0.3) is 0 Å². The zero-order valence-corrected chi connectivity index (χ0v) is 12.1. The summed E-state index contributed by atoms with van der Waals surface area (Å²) in [5.74, 6) is 0. The maximum Gasteiger partial charge on any atom is 0.0206 e. The Labute approximate surface area is 117 Å². The minimum Gasteiger partial charge on any atom is -0.311 e. The molecule has 104 valence electrons. The molecule has 0 spiro atoms. The van der Waals surface area contributed by atoms with Crippen molar-refractivity contribution in [2.45, 2.75) is 51.6 Å². The van der Waals surface area contributed by atoms with E-state index in [2.05, 4.69) is 35.3 Å². The molecule has 0 aliphatic heterocycles. The average molecular weight is 258 g/mol. The maximum absolute atomic E-state index is 3.60. The fraction of sp³-hybridized carbons (Fsp3) is 0.647. The second-order valence-electron chi connectivity index (χ2n) is 5.99. The highest BCUT2D eigenvalue weighted by Crippen LogP contribution is 2.26. The topological polar surface area (TPSA) is 15.3 Å². The zero-order valence-electron chi connectivity index (χ0n) is 12.1. The summed E-state index contributed by atoms with van der Waals surface area (Å²) >= 11 is 0. The molecule has 0 radical (unpaired) electrons. The van der Waals surface area contributed by atoms with Gasteiger partial charge >= 0.3 is 0 Å². The molecule has 2 aliphatic rings. The summed E-state index contributed by atoms with van der Waals surface area (Å²) < 4.78 is 0. The number of nitrogens with zero attached hydrogens (tertiary/aromatic N) is 1. The lowest BCUT2D eigenvalue weighted by molar-refractivity contribution is 0.277. The van der Waals surface area contributed by atoms with Crippen LogP contribution in [0.1, 0.15) is 42.9 Å². The lowest BCUT2D eigenvalue weighted by Crippen LogP contribution is -2.33. The summed E-state index contributed by atoms with van der Waals surface area (Å²) in [6, 6.07) is 7.94. The van der Waals surface area contributed by atoms with Crippen LogP contribution in [0, 0.1) is 0 Å². The van der Waals surface area contributed by atoms with E-state index in [-0.39, 0.29) is 0 Å². The van der Waals surface area contributed by atoms with Gasteiger partial charge in [0.05, 0.1) is 0 Å². The Morgan fingerprint density at radius 1 is 1.21 bits per heavy atom. The number of rotatable bonds is 7. The van der Waals surface area contributed by atoms with Crippen molar-refractivity contribution in [1.29, 1.82) is 0 Å². The number of hydrogen-bond acceptors (Lipinski definition) is 2. The van der Waals surface area contributed by atoms with E-state index < -0.39 is 0 Å². The van der Waals surface area contributed by atoms with Gasteiger partial charge in [-0.3, -0.25) is 4.90 Å². The largest absolute Gasteiger partial charge is 0.311 e. The van der Waals surface area contributed by atoms with Crippen molar-refractivity contribution >= 4 is 0 Å². The lowest BCUT2D eigenvalue weighted by atomic mass is 10.1. The Kier molecular flexibility index (Phi) is 4.19. The molecule has 0 unspecified atom stereocenters. The first-order valence-corrected chi connectivity index (χ1v) is 7.92. The summed E-state index contributed by atoms with van der Waals surface area (Å²) in [7, 11) is 0. The van der Waals surface area contributed by atoms with Crippen molar-refractivity contribution < 1.29 is 0 Å². The first-order chi connectivity index (χ1) is 9.36. The van der Waals surface area contributed by atoms with Gasteiger partial charge in [0.2, 0.25) is 0 Å². The smallest absolute Gasteiger partial charge is 0.0206 e. The van der Waals surface area contributed by atoms with Crippen molar-refractivity contribution in [2.24, 2.45) is 0 Å². The van der Waals surface area contributed by atoms with Gasteiger partial charge in [-0.1, -0.05) is 25.1 Å². The maximum atomic E-state index is 3.60. The highest BCUT2D eigenvalue weighted by atomic mass is 15.2. The SMILES string of the molecule is CCN(CCNCc1ccc2c(c1)CCC2)C1CC1. The molecule has 0 atom stereocenters. The van der Waals surface area contributed by atoms with Crippen LogP contribution in [0.4, 0.5) is 0 Å². The highest BCUT2D eigenvalue weighted by Gasteiger charge is 2.26. The summed E-state index contributed by atoms with van der Waals surface area (Å²) in [6.45, 7) is 6.81. The predicted molar refractivity (Wildman–Crippen MR) is 80.4 cm³/mol. The van der Waals surface area contributed by atoms with E-state index in [0.717, 1.165) is 19.1 Å². The Hall–Kier alpha value is -0.860. The van der Waals surface area contributed by atoms with Crippen LogP contribution in [-0.4, -0.2) is 30.6 Å². The average Bonchev–Trinajstić information content (AvgIpc) is 3.16. The summed E-state index contributed by atoms with van der Waals surface area (Å²) in [5, 5.41) is 3.60. The predicted octanol–water partition coefficient (Wildman–Crippen LogP) is 2.75. The number of fused-ring (bicyclic) bond motifs is 1. The lowest BCUT2D eigenvalue weighted by Gasteiger charge is -2.19. The molecule has 1 aromatic rings. The van der Waals surface area contributed by atoms with Crippen LogP contribution in [0.3, 0.4) is 0 Å². The van der Waals surface area contributed by atoms with Gasteiger partial charge in [0.25, 0.3) is 0 Å². The van der Waals surface area contributed by atoms with Gasteiger partial charge in [-0.15, -0.1) is 0 Å². The van der Waals surface area contributed by atoms with Crippen molar-refractivity contribution in [3.63, 3.8) is 0 Å². The third-order valence-corrected chi connectivity index (χ3v) is 4.54. The molecule has 0 saturated heterocycles. The van der Waals surface area contributed by atoms with E-state index >= 15 is 0 Å². The first kappa shape index (κ1) is 13.1. The summed E-state index contributed by atoms with van der Waals surface area (Å²) in [4.78, 5) is 2.61. The molecular weight excluding hydrogens is 232 g/mol. The molecule has 1 fully saturated rings. The van der Waals surface area contributed by atoms with Crippen LogP contribution >= 0.6 is 0 Å². The standard InChI is InChI=1S/C17H26N2/c1-2-19(17-8-9-17)11-10-18-13-14-6-7-15-4-3-5-16(15)12-14/h6-7,12,17-18H,2-5,8-11,13H2,1H3. The molecule has 19 heavy (non-hydrogen) atoms. The van der Waals surface area contributed by atoms with Crippen LogP contribution in [0.2, 0.25) is 0 Å². The Bertz CT molecular complexity index is 423. The molecule has 0 bridgehead atoms. The Balaban J connectivity index is 1.42. The minimum absolute atomic E-state index is 0.895. The number of nitrogens with one attached hydrogen (secondary N) is 1. The molecule has 1 saturated carbocycles. The highest BCUT2D eigenvalue weighted by molar-refractivity contribution is 5.35. The van der Waals surface area contributed by atoms with E-state index in [1.54, 1.807) is 11.1 Å². The van der Waals surface area contributed by atoms with Gasteiger partial charge in [-0.2, -0.15) is 0 Å². The second kappa shape index (κ2) is 6.06. The minimum atomic E-state index is 0.895. The van der Waals surface area contributed by atoms with Crippen LogP contribution in [-0.2, 0) is 19.4 Å². The Morgan fingerprint density at radius 3 is 2.84 bits per heavy atom. The normalized spacial score (nSPS) is 18.0. The van der Waals surface area contributed by atoms with E-state index in [0.29, 0.717) is 0 Å². The van der Waals surface area contributed by atoms with E-state index in [1.165, 1.54) is 50.8 Å². The quantitative estimate of drug-likeness (QED) is 0.757.